The van der Waals surface area contributed by atoms with E-state index in [0.717, 1.165) is 40.8 Å². The summed E-state index contributed by atoms with van der Waals surface area (Å²) in [7, 11) is 0. The van der Waals surface area contributed by atoms with Crippen LogP contribution in [0.4, 0.5) is 8.78 Å². The molecule has 3 heterocycles. The molecule has 7 nitrogen and oxygen atoms in total. The van der Waals surface area contributed by atoms with Crippen molar-refractivity contribution in [1.82, 2.24) is 19.9 Å². The molecule has 0 aliphatic carbocycles. The smallest absolute Gasteiger partial charge is 0.254 e. The van der Waals surface area contributed by atoms with Crippen LogP contribution in [0.15, 0.2) is 71.1 Å². The maximum Gasteiger partial charge on any atom is 0.254 e. The van der Waals surface area contributed by atoms with Crippen molar-refractivity contribution in [2.75, 3.05) is 13.1 Å². The number of aromatic nitrogens is 3. The minimum Gasteiger partial charge on any atom is -0.339 e. The molecule has 1 saturated heterocycles. The molecular weight excluding hydrogens is 486 g/mol. The van der Waals surface area contributed by atoms with Crippen molar-refractivity contribution in [3.8, 4) is 0 Å². The molecule has 2 aliphatic rings. The van der Waals surface area contributed by atoms with Gasteiger partial charge in [0.1, 0.15) is 18.2 Å². The molecule has 0 spiro atoms. The van der Waals surface area contributed by atoms with E-state index in [0.29, 0.717) is 43.9 Å². The third kappa shape index (κ3) is 5.57. The van der Waals surface area contributed by atoms with E-state index in [1.165, 1.54) is 0 Å². The number of carbonyl (C=O) groups excluding carboxylic acids is 1. The summed E-state index contributed by atoms with van der Waals surface area (Å²) in [4.78, 5) is 16.0. The lowest BCUT2D eigenvalue weighted by atomic mass is 9.86. The van der Waals surface area contributed by atoms with Crippen molar-refractivity contribution >= 4 is 34.5 Å². The van der Waals surface area contributed by atoms with Gasteiger partial charge in [-0.25, -0.2) is 8.78 Å². The first kappa shape index (κ1) is 24.0. The highest BCUT2D eigenvalue weighted by atomic mass is 35.5. The van der Waals surface area contributed by atoms with E-state index < -0.39 is 11.6 Å². The summed E-state index contributed by atoms with van der Waals surface area (Å²) in [6, 6.07) is 10.5. The molecule has 0 unspecified atom stereocenters. The van der Waals surface area contributed by atoms with Crippen LogP contribution in [0.25, 0.3) is 5.57 Å². The number of benzene rings is 2. The maximum absolute atomic E-state index is 13.6. The number of likely N-dealkylation sites (tertiary alicyclic amines) is 1. The standard InChI is InChI=1S/C26H23ClF2N6O/c27-21-3-1-17(2-4-21)19-13-24(16-35-30-7-8-31-35)32-33-25(14-19)18-5-9-34(10-6-18)26(36)20-11-22(28)15-23(29)12-20/h1-4,7-8,11-13,15,18H,5-6,9-10,14,16H2. The second-order valence-corrected chi connectivity index (χ2v) is 9.26. The predicted molar refractivity (Wildman–Crippen MR) is 134 cm³/mol. The van der Waals surface area contributed by atoms with Gasteiger partial charge in [-0.3, -0.25) is 4.79 Å². The zero-order chi connectivity index (χ0) is 25.1. The van der Waals surface area contributed by atoms with Crippen molar-refractivity contribution in [2.45, 2.75) is 25.8 Å². The van der Waals surface area contributed by atoms with Gasteiger partial charge in [-0.1, -0.05) is 23.7 Å². The van der Waals surface area contributed by atoms with Crippen LogP contribution in [0.5, 0.6) is 0 Å². The Hall–Kier alpha value is -3.72. The van der Waals surface area contributed by atoms with E-state index in [1.807, 2.05) is 30.3 Å². The minimum absolute atomic E-state index is 0.0205. The Labute approximate surface area is 211 Å². The number of allylic oxidation sites excluding steroid dienone is 2. The van der Waals surface area contributed by atoms with Crippen LogP contribution in [-0.2, 0) is 6.54 Å². The molecule has 0 bridgehead atoms. The molecule has 0 saturated carbocycles. The van der Waals surface area contributed by atoms with Gasteiger partial charge in [0, 0.05) is 47.8 Å². The molecule has 0 N–H and O–H groups in total. The van der Waals surface area contributed by atoms with Crippen LogP contribution in [0.1, 0.15) is 35.2 Å². The van der Waals surface area contributed by atoms with Gasteiger partial charge >= 0.3 is 0 Å². The Morgan fingerprint density at radius 3 is 2.31 bits per heavy atom. The number of piperidine rings is 1. The Balaban J connectivity index is 1.33. The van der Waals surface area contributed by atoms with E-state index in [4.69, 9.17) is 11.6 Å². The summed E-state index contributed by atoms with van der Waals surface area (Å²) < 4.78 is 27.2. The first-order valence-electron chi connectivity index (χ1n) is 11.6. The van der Waals surface area contributed by atoms with Crippen LogP contribution in [0.2, 0.25) is 5.02 Å². The molecule has 3 aromatic rings. The Morgan fingerprint density at radius 1 is 0.972 bits per heavy atom. The first-order chi connectivity index (χ1) is 17.4. The fraction of sp³-hybridized carbons (Fsp3) is 0.269. The lowest BCUT2D eigenvalue weighted by Gasteiger charge is -2.32. The normalized spacial score (nSPS) is 16.8. The highest BCUT2D eigenvalue weighted by Gasteiger charge is 2.28. The number of nitrogens with zero attached hydrogens (tertiary/aromatic N) is 6. The lowest BCUT2D eigenvalue weighted by Crippen LogP contribution is -2.40. The molecule has 1 aromatic heterocycles. The van der Waals surface area contributed by atoms with Gasteiger partial charge in [0.15, 0.2) is 0 Å². The van der Waals surface area contributed by atoms with E-state index in [2.05, 4.69) is 20.4 Å². The molecule has 2 aliphatic heterocycles. The minimum atomic E-state index is -0.762. The summed E-state index contributed by atoms with van der Waals surface area (Å²) in [6.45, 7) is 1.32. The van der Waals surface area contributed by atoms with Gasteiger partial charge in [0.25, 0.3) is 5.91 Å². The summed E-state index contributed by atoms with van der Waals surface area (Å²) in [5, 5.41) is 18.1. The average molecular weight is 509 g/mol. The Bertz CT molecular complexity index is 1320. The Kier molecular flexibility index (Phi) is 6.99. The Morgan fingerprint density at radius 2 is 1.64 bits per heavy atom. The number of halogens is 3. The molecule has 10 heteroatoms. The van der Waals surface area contributed by atoms with Gasteiger partial charge in [-0.2, -0.15) is 25.2 Å². The third-order valence-electron chi connectivity index (χ3n) is 6.37. The zero-order valence-electron chi connectivity index (χ0n) is 19.3. The van der Waals surface area contributed by atoms with Crippen LogP contribution < -0.4 is 0 Å². The molecule has 0 radical (unpaired) electrons. The van der Waals surface area contributed by atoms with Crippen LogP contribution in [0.3, 0.4) is 0 Å². The molecule has 36 heavy (non-hydrogen) atoms. The molecule has 1 fully saturated rings. The van der Waals surface area contributed by atoms with E-state index in [-0.39, 0.29) is 17.4 Å². The second-order valence-electron chi connectivity index (χ2n) is 8.82. The monoisotopic (exact) mass is 508 g/mol. The molecule has 184 valence electrons. The fourth-order valence-corrected chi connectivity index (χ4v) is 4.66. The molecule has 2 aromatic carbocycles. The quantitative estimate of drug-likeness (QED) is 0.484. The molecule has 1 amide bonds. The largest absolute Gasteiger partial charge is 0.339 e. The number of carbonyl (C=O) groups is 1. The summed E-state index contributed by atoms with van der Waals surface area (Å²) in [5.41, 5.74) is 3.76. The van der Waals surface area contributed by atoms with E-state index in [1.54, 1.807) is 22.1 Å². The molecule has 5 rings (SSSR count). The van der Waals surface area contributed by atoms with Crippen molar-refractivity contribution < 1.29 is 13.6 Å². The SMILES string of the molecule is O=C(c1cc(F)cc(F)c1)N1CCC(C2=NN=C(Cn3nccn3)C=C(c3ccc(Cl)cc3)C2)CC1. The third-order valence-corrected chi connectivity index (χ3v) is 6.62. The van der Waals surface area contributed by atoms with Gasteiger partial charge in [0.2, 0.25) is 0 Å². The van der Waals surface area contributed by atoms with Gasteiger partial charge in [-0.05, 0) is 54.3 Å². The van der Waals surface area contributed by atoms with Crippen molar-refractivity contribution in [2.24, 2.45) is 16.1 Å². The zero-order valence-corrected chi connectivity index (χ0v) is 20.1. The van der Waals surface area contributed by atoms with Crippen molar-refractivity contribution in [3.05, 3.63) is 88.7 Å². The number of hydrogen-bond donors (Lipinski definition) is 0. The van der Waals surface area contributed by atoms with Gasteiger partial charge in [0.05, 0.1) is 18.1 Å². The van der Waals surface area contributed by atoms with Gasteiger partial charge < -0.3 is 4.90 Å². The van der Waals surface area contributed by atoms with Crippen LogP contribution in [0, 0.1) is 17.6 Å². The van der Waals surface area contributed by atoms with E-state index >= 15 is 0 Å². The van der Waals surface area contributed by atoms with E-state index in [9.17, 15) is 13.6 Å². The second kappa shape index (κ2) is 10.5. The highest BCUT2D eigenvalue weighted by Crippen LogP contribution is 2.29. The summed E-state index contributed by atoms with van der Waals surface area (Å²) >= 11 is 6.10. The molecule has 0 atom stereocenters. The van der Waals surface area contributed by atoms with Gasteiger partial charge in [-0.15, -0.1) is 0 Å². The molecular formula is C26H23ClF2N6O. The van der Waals surface area contributed by atoms with Crippen molar-refractivity contribution in [3.63, 3.8) is 0 Å². The number of amides is 1. The summed E-state index contributed by atoms with van der Waals surface area (Å²) in [6.07, 6.45) is 7.21. The highest BCUT2D eigenvalue weighted by molar-refractivity contribution is 6.30. The van der Waals surface area contributed by atoms with Crippen LogP contribution >= 0.6 is 11.6 Å². The lowest BCUT2D eigenvalue weighted by molar-refractivity contribution is 0.0708. The summed E-state index contributed by atoms with van der Waals surface area (Å²) in [5.74, 6) is -1.77. The maximum atomic E-state index is 13.6. The van der Waals surface area contributed by atoms with Crippen molar-refractivity contribution in [1.29, 1.82) is 0 Å². The average Bonchev–Trinajstić information content (AvgIpc) is 3.29. The first-order valence-corrected chi connectivity index (χ1v) is 12.0. The topological polar surface area (TPSA) is 75.7 Å². The fourth-order valence-electron chi connectivity index (χ4n) is 4.54. The van der Waals surface area contributed by atoms with Crippen LogP contribution in [-0.4, -0.2) is 50.3 Å². The predicted octanol–water partition coefficient (Wildman–Crippen LogP) is 5.05. The number of rotatable bonds is 5. The number of hydrogen-bond acceptors (Lipinski definition) is 5.